The van der Waals surface area contributed by atoms with Gasteiger partial charge >= 0.3 is 0 Å². The first-order valence-corrected chi connectivity index (χ1v) is 11.0. The summed E-state index contributed by atoms with van der Waals surface area (Å²) in [6, 6.07) is 9.99. The third-order valence-corrected chi connectivity index (χ3v) is 6.76. The largest absolute Gasteiger partial charge is 0.369 e. The van der Waals surface area contributed by atoms with Gasteiger partial charge in [0.1, 0.15) is 17.4 Å². The van der Waals surface area contributed by atoms with E-state index in [9.17, 15) is 10.1 Å². The molecule has 9 heteroatoms. The predicted molar refractivity (Wildman–Crippen MR) is 125 cm³/mol. The molecule has 3 aromatic rings. The number of amides is 1. The van der Waals surface area contributed by atoms with Crippen LogP contribution in [0.15, 0.2) is 53.2 Å². The van der Waals surface area contributed by atoms with E-state index in [4.69, 9.17) is 10.7 Å². The number of aliphatic imine (C=N–C) groups is 1. The summed E-state index contributed by atoms with van der Waals surface area (Å²) >= 11 is 1.59. The minimum atomic E-state index is -0.617. The number of carbonyl (C=O) groups excluding carboxylic acids is 1. The molecule has 1 atom stereocenters. The Morgan fingerprint density at radius 2 is 2.25 bits per heavy atom. The number of nitrogens with zero attached hydrogens (tertiary/aromatic N) is 6. The predicted octanol–water partition coefficient (Wildman–Crippen LogP) is 2.89. The third kappa shape index (κ3) is 4.05. The summed E-state index contributed by atoms with van der Waals surface area (Å²) < 4.78 is 0. The van der Waals surface area contributed by atoms with Gasteiger partial charge in [-0.3, -0.25) is 14.7 Å². The van der Waals surface area contributed by atoms with Crippen molar-refractivity contribution >= 4 is 29.5 Å². The number of pyridine rings is 2. The van der Waals surface area contributed by atoms with Crippen LogP contribution in [0.1, 0.15) is 22.4 Å². The Bertz CT molecular complexity index is 1210. The Hall–Kier alpha value is -3.77. The van der Waals surface area contributed by atoms with Crippen LogP contribution in [0.25, 0.3) is 11.1 Å². The quantitative estimate of drug-likeness (QED) is 0.367. The molecule has 0 saturated carbocycles. The van der Waals surface area contributed by atoms with Gasteiger partial charge < -0.3 is 10.6 Å². The fourth-order valence-electron chi connectivity index (χ4n) is 3.87. The first-order valence-electron chi connectivity index (χ1n) is 10.1. The second kappa shape index (κ2) is 8.77. The number of hydrogen-bond acceptors (Lipinski definition) is 7. The minimum absolute atomic E-state index is 0.169. The van der Waals surface area contributed by atoms with Crippen LogP contribution in [0.5, 0.6) is 0 Å². The number of anilines is 1. The van der Waals surface area contributed by atoms with E-state index in [1.54, 1.807) is 37.0 Å². The van der Waals surface area contributed by atoms with Gasteiger partial charge in [-0.1, -0.05) is 6.07 Å². The Morgan fingerprint density at radius 3 is 3.00 bits per heavy atom. The normalized spacial score (nSPS) is 18.4. The van der Waals surface area contributed by atoms with Gasteiger partial charge in [-0.05, 0) is 48.1 Å². The number of nitrogens with two attached hydrogens (primary N) is 1. The van der Waals surface area contributed by atoms with Crippen LogP contribution in [-0.4, -0.2) is 47.4 Å². The molecule has 1 saturated heterocycles. The molecule has 1 unspecified atom stereocenters. The molecular formula is C23H23N7OS. The van der Waals surface area contributed by atoms with Crippen molar-refractivity contribution < 1.29 is 4.79 Å². The van der Waals surface area contributed by atoms with Crippen LogP contribution < -0.4 is 10.6 Å². The van der Waals surface area contributed by atoms with Crippen molar-refractivity contribution in [2.24, 2.45) is 10.7 Å². The second-order valence-corrected chi connectivity index (χ2v) is 8.72. The fourth-order valence-corrected chi connectivity index (χ4v) is 4.96. The van der Waals surface area contributed by atoms with E-state index in [-0.39, 0.29) is 5.96 Å². The molecule has 4 heterocycles. The maximum atomic E-state index is 11.3. The fraction of sp³-hybridized carbons (Fsp3) is 0.261. The first-order chi connectivity index (χ1) is 15.5. The Kier molecular flexibility index (Phi) is 5.88. The van der Waals surface area contributed by atoms with Gasteiger partial charge in [0.15, 0.2) is 5.96 Å². The van der Waals surface area contributed by atoms with E-state index in [1.807, 2.05) is 30.5 Å². The van der Waals surface area contributed by atoms with Crippen LogP contribution in [-0.2, 0) is 10.3 Å². The van der Waals surface area contributed by atoms with Crippen molar-refractivity contribution in [3.8, 4) is 17.2 Å². The molecule has 2 N–H and O–H groups in total. The highest BCUT2D eigenvalue weighted by molar-refractivity contribution is 7.10. The van der Waals surface area contributed by atoms with Gasteiger partial charge in [-0.2, -0.15) is 5.26 Å². The van der Waals surface area contributed by atoms with Crippen molar-refractivity contribution in [1.29, 1.82) is 5.26 Å². The molecule has 0 aromatic carbocycles. The Labute approximate surface area is 190 Å². The molecule has 0 spiro atoms. The summed E-state index contributed by atoms with van der Waals surface area (Å²) in [5.41, 5.74) is 9.00. The van der Waals surface area contributed by atoms with Gasteiger partial charge in [0.25, 0.3) is 0 Å². The average molecular weight is 446 g/mol. The molecule has 32 heavy (non-hydrogen) atoms. The molecule has 1 fully saturated rings. The number of carbonyl (C=O) groups is 1. The zero-order valence-electron chi connectivity index (χ0n) is 17.9. The topological polar surface area (TPSA) is 112 Å². The molecule has 8 nitrogen and oxygen atoms in total. The third-order valence-electron chi connectivity index (χ3n) is 5.64. The van der Waals surface area contributed by atoms with E-state index in [0.29, 0.717) is 18.5 Å². The summed E-state index contributed by atoms with van der Waals surface area (Å²) in [6.07, 6.45) is 6.46. The molecule has 1 aliphatic rings. The van der Waals surface area contributed by atoms with Crippen LogP contribution in [0.4, 0.5) is 5.82 Å². The zero-order valence-corrected chi connectivity index (χ0v) is 18.7. The van der Waals surface area contributed by atoms with Crippen molar-refractivity contribution in [3.05, 3.63) is 64.2 Å². The highest BCUT2D eigenvalue weighted by Gasteiger charge is 2.42. The monoisotopic (exact) mass is 445 g/mol. The van der Waals surface area contributed by atoms with E-state index in [1.165, 1.54) is 4.90 Å². The smallest absolute Gasteiger partial charge is 0.216 e. The van der Waals surface area contributed by atoms with Gasteiger partial charge in [0.2, 0.25) is 6.41 Å². The summed E-state index contributed by atoms with van der Waals surface area (Å²) in [7, 11) is 1.59. The van der Waals surface area contributed by atoms with E-state index in [2.05, 4.69) is 27.0 Å². The number of guanidine groups is 1. The van der Waals surface area contributed by atoms with E-state index in [0.717, 1.165) is 40.4 Å². The molecule has 0 aliphatic carbocycles. The summed E-state index contributed by atoms with van der Waals surface area (Å²) in [6.45, 7) is 3.39. The van der Waals surface area contributed by atoms with E-state index >= 15 is 0 Å². The number of aromatic nitrogens is 2. The number of rotatable bonds is 5. The highest BCUT2D eigenvalue weighted by atomic mass is 32.1. The summed E-state index contributed by atoms with van der Waals surface area (Å²) in [5.74, 6) is 1.09. The molecule has 3 aromatic heterocycles. The maximum absolute atomic E-state index is 11.3. The van der Waals surface area contributed by atoms with Crippen LogP contribution in [0, 0.1) is 18.3 Å². The minimum Gasteiger partial charge on any atom is -0.369 e. The summed E-state index contributed by atoms with van der Waals surface area (Å²) in [5, 5.41) is 11.2. The molecule has 1 amide bonds. The molecule has 4 rings (SSSR count). The SMILES string of the molecule is Cc1cccnc1N1CCC(N=C(N)N(C)C=O)(c2cc(-c3cncc(C#N)c3)cs2)C1. The number of nitriles is 1. The molecule has 0 bridgehead atoms. The van der Waals surface area contributed by atoms with Crippen molar-refractivity contribution in [1.82, 2.24) is 14.9 Å². The average Bonchev–Trinajstić information content (AvgIpc) is 3.47. The molecule has 0 radical (unpaired) electrons. The summed E-state index contributed by atoms with van der Waals surface area (Å²) in [4.78, 5) is 29.4. The lowest BCUT2D eigenvalue weighted by atomic mass is 9.96. The zero-order chi connectivity index (χ0) is 22.7. The lowest BCUT2D eigenvalue weighted by Gasteiger charge is -2.27. The first kappa shape index (κ1) is 21.5. The Morgan fingerprint density at radius 1 is 1.41 bits per heavy atom. The van der Waals surface area contributed by atoms with Crippen LogP contribution in [0.3, 0.4) is 0 Å². The lowest BCUT2D eigenvalue weighted by molar-refractivity contribution is -0.114. The molecular weight excluding hydrogens is 422 g/mol. The van der Waals surface area contributed by atoms with Gasteiger partial charge in [-0.25, -0.2) is 9.98 Å². The van der Waals surface area contributed by atoms with Gasteiger partial charge in [-0.15, -0.1) is 11.3 Å². The number of hydrogen-bond donors (Lipinski definition) is 1. The lowest BCUT2D eigenvalue weighted by Crippen LogP contribution is -2.38. The Balaban J connectivity index is 1.75. The number of thiophene rings is 1. The second-order valence-electron chi connectivity index (χ2n) is 7.81. The van der Waals surface area contributed by atoms with Crippen LogP contribution in [0.2, 0.25) is 0 Å². The van der Waals surface area contributed by atoms with Crippen molar-refractivity contribution in [3.63, 3.8) is 0 Å². The van der Waals surface area contributed by atoms with Gasteiger partial charge in [0, 0.05) is 49.2 Å². The van der Waals surface area contributed by atoms with Crippen molar-refractivity contribution in [2.75, 3.05) is 25.0 Å². The highest BCUT2D eigenvalue weighted by Crippen LogP contribution is 2.42. The van der Waals surface area contributed by atoms with Gasteiger partial charge in [0.05, 0.1) is 5.56 Å². The standard InChI is InChI=1S/C23H23N7OS/c1-16-4-3-6-27-21(16)30-7-5-23(14-30,28-22(25)29(2)15-31)20-9-19(13-32-20)18-8-17(10-24)11-26-12-18/h3-4,6,8-9,11-13,15H,5,7,14H2,1-2H3,(H2,25,28). The maximum Gasteiger partial charge on any atom is 0.216 e. The van der Waals surface area contributed by atoms with E-state index < -0.39 is 5.54 Å². The van der Waals surface area contributed by atoms with Crippen LogP contribution >= 0.6 is 11.3 Å². The molecule has 162 valence electrons. The van der Waals surface area contributed by atoms with Crippen molar-refractivity contribution in [2.45, 2.75) is 18.9 Å². The molecule has 1 aliphatic heterocycles. The number of aryl methyl sites for hydroxylation is 1.